The number of rotatable bonds is 5. The standard InChI is InChI=1S/C11H16N2O2S/c1-7(2)12-6-8-5-9(8)10-3-4-11(16-10)13(14)15/h3-4,7-9,12H,5-6H2,1-2H3. The van der Waals surface area contributed by atoms with Crippen LogP contribution in [0, 0.1) is 16.0 Å². The fraction of sp³-hybridized carbons (Fsp3) is 0.636. The molecule has 1 aliphatic rings. The molecule has 1 aromatic heterocycles. The van der Waals surface area contributed by atoms with E-state index in [2.05, 4.69) is 19.2 Å². The second-order valence-electron chi connectivity index (χ2n) is 4.60. The molecule has 0 aliphatic heterocycles. The average Bonchev–Trinajstić information content (AvgIpc) is 2.81. The minimum atomic E-state index is -0.308. The van der Waals surface area contributed by atoms with Crippen molar-refractivity contribution >= 4 is 16.3 Å². The van der Waals surface area contributed by atoms with Crippen LogP contribution >= 0.6 is 11.3 Å². The van der Waals surface area contributed by atoms with Gasteiger partial charge < -0.3 is 5.32 Å². The van der Waals surface area contributed by atoms with Gasteiger partial charge in [-0.15, -0.1) is 0 Å². The van der Waals surface area contributed by atoms with Gasteiger partial charge in [0.15, 0.2) is 0 Å². The van der Waals surface area contributed by atoms with E-state index in [0.29, 0.717) is 17.9 Å². The molecule has 2 atom stereocenters. The van der Waals surface area contributed by atoms with Gasteiger partial charge in [0.2, 0.25) is 0 Å². The number of nitrogens with one attached hydrogen (secondary N) is 1. The quantitative estimate of drug-likeness (QED) is 0.636. The number of hydrogen-bond donors (Lipinski definition) is 1. The van der Waals surface area contributed by atoms with Crippen molar-refractivity contribution in [2.24, 2.45) is 5.92 Å². The van der Waals surface area contributed by atoms with Gasteiger partial charge >= 0.3 is 5.00 Å². The molecule has 1 heterocycles. The Hall–Kier alpha value is -0.940. The number of nitro groups is 1. The molecular formula is C11H16N2O2S. The van der Waals surface area contributed by atoms with Crippen molar-refractivity contribution in [3.05, 3.63) is 27.1 Å². The van der Waals surface area contributed by atoms with Gasteiger partial charge in [0, 0.05) is 17.0 Å². The third-order valence-corrected chi connectivity index (χ3v) is 4.04. The zero-order valence-electron chi connectivity index (χ0n) is 9.47. The molecule has 0 spiro atoms. The highest BCUT2D eigenvalue weighted by atomic mass is 32.1. The molecule has 1 saturated carbocycles. The molecule has 16 heavy (non-hydrogen) atoms. The lowest BCUT2D eigenvalue weighted by molar-refractivity contribution is -0.380. The van der Waals surface area contributed by atoms with E-state index in [1.165, 1.54) is 16.2 Å². The first-order valence-electron chi connectivity index (χ1n) is 5.55. The molecule has 0 amide bonds. The molecule has 0 bridgehead atoms. The largest absolute Gasteiger partial charge is 0.324 e. The lowest BCUT2D eigenvalue weighted by atomic mass is 10.2. The SMILES string of the molecule is CC(C)NCC1CC1c1ccc([N+](=O)[O-])s1. The van der Waals surface area contributed by atoms with Gasteiger partial charge in [-0.25, -0.2) is 0 Å². The van der Waals surface area contributed by atoms with Crippen molar-refractivity contribution < 1.29 is 4.92 Å². The maximum atomic E-state index is 10.6. The zero-order valence-corrected chi connectivity index (χ0v) is 10.3. The molecule has 88 valence electrons. The van der Waals surface area contributed by atoms with E-state index in [0.717, 1.165) is 13.0 Å². The average molecular weight is 240 g/mol. The molecule has 4 nitrogen and oxygen atoms in total. The molecule has 1 fully saturated rings. The predicted molar refractivity (Wildman–Crippen MR) is 65.0 cm³/mol. The highest BCUT2D eigenvalue weighted by molar-refractivity contribution is 7.15. The van der Waals surface area contributed by atoms with Gasteiger partial charge in [-0.3, -0.25) is 10.1 Å². The minimum Gasteiger partial charge on any atom is -0.314 e. The summed E-state index contributed by atoms with van der Waals surface area (Å²) in [6.07, 6.45) is 1.16. The van der Waals surface area contributed by atoms with Crippen molar-refractivity contribution in [1.29, 1.82) is 0 Å². The number of hydrogen-bond acceptors (Lipinski definition) is 4. The summed E-state index contributed by atoms with van der Waals surface area (Å²) in [6.45, 7) is 5.29. The smallest absolute Gasteiger partial charge is 0.314 e. The Kier molecular flexibility index (Phi) is 3.25. The third-order valence-electron chi connectivity index (χ3n) is 2.87. The summed E-state index contributed by atoms with van der Waals surface area (Å²) in [7, 11) is 0. The molecule has 5 heteroatoms. The van der Waals surface area contributed by atoms with Crippen LogP contribution in [0.15, 0.2) is 12.1 Å². The fourth-order valence-electron chi connectivity index (χ4n) is 1.85. The van der Waals surface area contributed by atoms with Crippen molar-refractivity contribution in [3.8, 4) is 0 Å². The summed E-state index contributed by atoms with van der Waals surface area (Å²) in [5, 5.41) is 14.2. The van der Waals surface area contributed by atoms with E-state index in [4.69, 9.17) is 0 Å². The molecular weight excluding hydrogens is 224 g/mol. The van der Waals surface area contributed by atoms with Crippen LogP contribution in [0.1, 0.15) is 31.1 Å². The summed E-state index contributed by atoms with van der Waals surface area (Å²) in [6, 6.07) is 4.03. The Balaban J connectivity index is 1.88. The van der Waals surface area contributed by atoms with Gasteiger partial charge in [0.1, 0.15) is 0 Å². The lowest BCUT2D eigenvalue weighted by Gasteiger charge is -2.06. The minimum absolute atomic E-state index is 0.262. The van der Waals surface area contributed by atoms with Crippen LogP contribution in [0.5, 0.6) is 0 Å². The maximum Gasteiger partial charge on any atom is 0.324 e. The highest BCUT2D eigenvalue weighted by Gasteiger charge is 2.39. The first-order chi connectivity index (χ1) is 7.58. The van der Waals surface area contributed by atoms with Gasteiger partial charge in [-0.1, -0.05) is 25.2 Å². The Morgan fingerprint density at radius 1 is 1.62 bits per heavy atom. The Morgan fingerprint density at radius 2 is 2.38 bits per heavy atom. The normalized spacial score (nSPS) is 23.7. The summed E-state index contributed by atoms with van der Waals surface area (Å²) in [4.78, 5) is 11.4. The molecule has 1 aliphatic carbocycles. The van der Waals surface area contributed by atoms with Crippen LogP contribution in [-0.2, 0) is 0 Å². The summed E-state index contributed by atoms with van der Waals surface area (Å²) >= 11 is 1.32. The first-order valence-corrected chi connectivity index (χ1v) is 6.37. The van der Waals surface area contributed by atoms with Crippen LogP contribution in [0.3, 0.4) is 0 Å². The molecule has 0 aromatic carbocycles. The van der Waals surface area contributed by atoms with E-state index < -0.39 is 0 Å². The first kappa shape index (κ1) is 11.5. The number of nitrogens with zero attached hydrogens (tertiary/aromatic N) is 1. The molecule has 0 saturated heterocycles. The van der Waals surface area contributed by atoms with Crippen molar-refractivity contribution in [1.82, 2.24) is 5.32 Å². The molecule has 2 unspecified atom stereocenters. The van der Waals surface area contributed by atoms with E-state index in [1.54, 1.807) is 6.07 Å². The van der Waals surface area contributed by atoms with E-state index in [1.807, 2.05) is 6.07 Å². The number of thiophene rings is 1. The van der Waals surface area contributed by atoms with Gasteiger partial charge in [0.05, 0.1) is 4.92 Å². The molecule has 1 aromatic rings. The zero-order chi connectivity index (χ0) is 11.7. The van der Waals surface area contributed by atoms with E-state index >= 15 is 0 Å². The van der Waals surface area contributed by atoms with Crippen LogP contribution < -0.4 is 5.32 Å². The summed E-state index contributed by atoms with van der Waals surface area (Å²) in [5.41, 5.74) is 0. The van der Waals surface area contributed by atoms with Crippen LogP contribution in [0.25, 0.3) is 0 Å². The second-order valence-corrected chi connectivity index (χ2v) is 5.69. The topological polar surface area (TPSA) is 55.2 Å². The predicted octanol–water partition coefficient (Wildman–Crippen LogP) is 2.76. The molecule has 1 N–H and O–H groups in total. The second kappa shape index (κ2) is 4.51. The summed E-state index contributed by atoms with van der Waals surface area (Å²) in [5.74, 6) is 1.21. The fourth-order valence-corrected chi connectivity index (χ4v) is 2.88. The van der Waals surface area contributed by atoms with Crippen LogP contribution in [0.4, 0.5) is 5.00 Å². The van der Waals surface area contributed by atoms with Gasteiger partial charge in [-0.05, 0) is 30.9 Å². The van der Waals surface area contributed by atoms with Gasteiger partial charge in [0.25, 0.3) is 0 Å². The highest BCUT2D eigenvalue weighted by Crippen LogP contribution is 2.50. The monoisotopic (exact) mass is 240 g/mol. The van der Waals surface area contributed by atoms with Crippen molar-refractivity contribution in [3.63, 3.8) is 0 Å². The van der Waals surface area contributed by atoms with Crippen LogP contribution in [-0.4, -0.2) is 17.5 Å². The van der Waals surface area contributed by atoms with Gasteiger partial charge in [-0.2, -0.15) is 0 Å². The maximum absolute atomic E-state index is 10.6. The van der Waals surface area contributed by atoms with E-state index in [-0.39, 0.29) is 9.92 Å². The van der Waals surface area contributed by atoms with Crippen molar-refractivity contribution in [2.75, 3.05) is 6.54 Å². The van der Waals surface area contributed by atoms with E-state index in [9.17, 15) is 10.1 Å². The lowest BCUT2D eigenvalue weighted by Crippen LogP contribution is -2.25. The molecule has 0 radical (unpaired) electrons. The third kappa shape index (κ3) is 2.59. The molecule has 2 rings (SSSR count). The van der Waals surface area contributed by atoms with Crippen LogP contribution in [0.2, 0.25) is 0 Å². The van der Waals surface area contributed by atoms with Crippen molar-refractivity contribution in [2.45, 2.75) is 32.2 Å². The summed E-state index contributed by atoms with van der Waals surface area (Å²) < 4.78 is 0. The Labute approximate surface area is 98.8 Å². The Bertz CT molecular complexity index is 389. The Morgan fingerprint density at radius 3 is 2.94 bits per heavy atom.